The first-order valence-corrected chi connectivity index (χ1v) is 15.2. The monoisotopic (exact) mass is 603 g/mol. The van der Waals surface area contributed by atoms with Crippen molar-refractivity contribution in [3.05, 3.63) is 93.5 Å². The third-order valence-corrected chi connectivity index (χ3v) is 8.67. The number of hydrogen-bond donors (Lipinski definition) is 1. The summed E-state index contributed by atoms with van der Waals surface area (Å²) in [5.41, 5.74) is 2.56. The molecule has 0 fully saturated rings. The van der Waals surface area contributed by atoms with Crippen molar-refractivity contribution < 1.29 is 18.0 Å². The van der Waals surface area contributed by atoms with Gasteiger partial charge in [0, 0.05) is 22.6 Å². The lowest BCUT2D eigenvalue weighted by Crippen LogP contribution is -2.53. The van der Waals surface area contributed by atoms with Crippen molar-refractivity contribution in [3.8, 4) is 0 Å². The lowest BCUT2D eigenvalue weighted by molar-refractivity contribution is -0.140. The molecule has 0 heterocycles. The molecule has 0 saturated heterocycles. The first-order chi connectivity index (χ1) is 18.8. The Morgan fingerprint density at radius 3 is 2.08 bits per heavy atom. The molecule has 2 amide bonds. The molecule has 214 valence electrons. The van der Waals surface area contributed by atoms with Crippen molar-refractivity contribution in [2.24, 2.45) is 0 Å². The van der Waals surface area contributed by atoms with E-state index in [4.69, 9.17) is 23.2 Å². The minimum absolute atomic E-state index is 0.0409. The summed E-state index contributed by atoms with van der Waals surface area (Å²) < 4.78 is 29.1. The van der Waals surface area contributed by atoms with Crippen molar-refractivity contribution in [3.63, 3.8) is 0 Å². The summed E-state index contributed by atoms with van der Waals surface area (Å²) in [6, 6.07) is 17.3. The van der Waals surface area contributed by atoms with E-state index in [1.807, 2.05) is 27.7 Å². The number of sulfonamides is 1. The van der Waals surface area contributed by atoms with Gasteiger partial charge in [0.1, 0.15) is 12.6 Å². The fourth-order valence-electron chi connectivity index (χ4n) is 4.29. The van der Waals surface area contributed by atoms with Crippen LogP contribution in [0.4, 0.5) is 5.69 Å². The molecule has 3 rings (SSSR count). The molecule has 0 aliphatic carbocycles. The van der Waals surface area contributed by atoms with Gasteiger partial charge in [-0.15, -0.1) is 0 Å². The molecule has 0 aliphatic rings. The standard InChI is InChI=1S/C30H35Cl2N3O4S/c1-6-27(30(37)33-20(2)3)34(18-23-10-13-24(31)14-11-23)29(36)19-35(28-17-25(32)12-9-22(28)5)40(38,39)26-15-7-21(4)8-16-26/h7-17,20,27H,6,18-19H2,1-5H3,(H,33,37)/t27-/m0/s1. The number of anilines is 1. The summed E-state index contributed by atoms with van der Waals surface area (Å²) in [5, 5.41) is 3.75. The Balaban J connectivity index is 2.10. The molecule has 10 heteroatoms. The molecule has 0 radical (unpaired) electrons. The molecule has 1 atom stereocenters. The molecule has 0 spiro atoms. The third kappa shape index (κ3) is 7.77. The number of nitrogens with one attached hydrogen (secondary N) is 1. The fraction of sp³-hybridized carbons (Fsp3) is 0.333. The zero-order chi connectivity index (χ0) is 29.6. The fourth-order valence-corrected chi connectivity index (χ4v) is 6.05. The van der Waals surface area contributed by atoms with E-state index in [1.54, 1.807) is 55.5 Å². The van der Waals surface area contributed by atoms with Crippen LogP contribution in [0.25, 0.3) is 0 Å². The topological polar surface area (TPSA) is 86.8 Å². The number of carbonyl (C=O) groups is 2. The Morgan fingerprint density at radius 1 is 0.900 bits per heavy atom. The van der Waals surface area contributed by atoms with Gasteiger partial charge in [0.2, 0.25) is 11.8 Å². The minimum Gasteiger partial charge on any atom is -0.352 e. The van der Waals surface area contributed by atoms with E-state index in [9.17, 15) is 18.0 Å². The summed E-state index contributed by atoms with van der Waals surface area (Å²) in [6.45, 7) is 8.67. The van der Waals surface area contributed by atoms with E-state index in [1.165, 1.54) is 23.1 Å². The van der Waals surface area contributed by atoms with Crippen LogP contribution in [0, 0.1) is 13.8 Å². The van der Waals surface area contributed by atoms with Crippen molar-refractivity contribution in [1.29, 1.82) is 0 Å². The van der Waals surface area contributed by atoms with Crippen LogP contribution in [0.5, 0.6) is 0 Å². The molecule has 0 aromatic heterocycles. The minimum atomic E-state index is -4.18. The molecule has 0 aliphatic heterocycles. The van der Waals surface area contributed by atoms with E-state index >= 15 is 0 Å². The zero-order valence-corrected chi connectivity index (χ0v) is 25.6. The summed E-state index contributed by atoms with van der Waals surface area (Å²) in [4.78, 5) is 28.8. The average molecular weight is 605 g/mol. The lowest BCUT2D eigenvalue weighted by atomic mass is 10.1. The van der Waals surface area contributed by atoms with Gasteiger partial charge in [0.25, 0.3) is 10.0 Å². The molecule has 0 saturated carbocycles. The molecule has 3 aromatic carbocycles. The van der Waals surface area contributed by atoms with Gasteiger partial charge in [-0.05, 0) is 81.6 Å². The van der Waals surface area contributed by atoms with Crippen LogP contribution >= 0.6 is 23.2 Å². The van der Waals surface area contributed by atoms with Crippen LogP contribution in [0.15, 0.2) is 71.6 Å². The van der Waals surface area contributed by atoms with Crippen LogP contribution in [-0.2, 0) is 26.2 Å². The smallest absolute Gasteiger partial charge is 0.264 e. The first kappa shape index (κ1) is 31.5. The van der Waals surface area contributed by atoms with Gasteiger partial charge in [0.15, 0.2) is 0 Å². The van der Waals surface area contributed by atoms with Gasteiger partial charge in [-0.1, -0.05) is 66.0 Å². The Hall–Kier alpha value is -3.07. The number of amides is 2. The van der Waals surface area contributed by atoms with Gasteiger partial charge in [-0.3, -0.25) is 13.9 Å². The van der Waals surface area contributed by atoms with E-state index in [0.29, 0.717) is 22.0 Å². The van der Waals surface area contributed by atoms with Crippen LogP contribution < -0.4 is 9.62 Å². The molecule has 1 N–H and O–H groups in total. The zero-order valence-electron chi connectivity index (χ0n) is 23.3. The second kappa shape index (κ2) is 13.5. The van der Waals surface area contributed by atoms with Gasteiger partial charge in [-0.2, -0.15) is 0 Å². The second-order valence-electron chi connectivity index (χ2n) is 9.99. The Labute approximate surface area is 247 Å². The maximum Gasteiger partial charge on any atom is 0.264 e. The number of aryl methyl sites for hydroxylation is 2. The molecule has 7 nitrogen and oxygen atoms in total. The molecule has 40 heavy (non-hydrogen) atoms. The highest BCUT2D eigenvalue weighted by molar-refractivity contribution is 7.92. The molecule has 0 unspecified atom stereocenters. The Morgan fingerprint density at radius 2 is 1.50 bits per heavy atom. The normalized spacial score (nSPS) is 12.2. The van der Waals surface area contributed by atoms with Crippen molar-refractivity contribution in [2.45, 2.75) is 64.6 Å². The van der Waals surface area contributed by atoms with Gasteiger partial charge in [0.05, 0.1) is 10.6 Å². The predicted octanol–water partition coefficient (Wildman–Crippen LogP) is 6.14. The highest BCUT2D eigenvalue weighted by Gasteiger charge is 2.34. The van der Waals surface area contributed by atoms with Gasteiger partial charge < -0.3 is 10.2 Å². The Bertz CT molecular complexity index is 1440. The third-order valence-electron chi connectivity index (χ3n) is 6.41. The van der Waals surface area contributed by atoms with Crippen molar-refractivity contribution >= 4 is 50.7 Å². The molecule has 3 aromatic rings. The van der Waals surface area contributed by atoms with Crippen LogP contribution in [-0.4, -0.2) is 43.8 Å². The SMILES string of the molecule is CC[C@@H](C(=O)NC(C)C)N(Cc1ccc(Cl)cc1)C(=O)CN(c1cc(Cl)ccc1C)S(=O)(=O)c1ccc(C)cc1. The molecular formula is C30H35Cl2N3O4S. The van der Waals surface area contributed by atoms with E-state index in [-0.39, 0.29) is 29.1 Å². The number of nitrogens with zero attached hydrogens (tertiary/aromatic N) is 2. The predicted molar refractivity (Wildman–Crippen MR) is 161 cm³/mol. The summed E-state index contributed by atoms with van der Waals surface area (Å²) in [7, 11) is -4.18. The highest BCUT2D eigenvalue weighted by Crippen LogP contribution is 2.30. The molecular weight excluding hydrogens is 569 g/mol. The highest BCUT2D eigenvalue weighted by atomic mass is 35.5. The van der Waals surface area contributed by atoms with Crippen molar-refractivity contribution in [1.82, 2.24) is 10.2 Å². The number of rotatable bonds is 11. The summed E-state index contributed by atoms with van der Waals surface area (Å²) >= 11 is 12.3. The largest absolute Gasteiger partial charge is 0.352 e. The number of hydrogen-bond acceptors (Lipinski definition) is 4. The van der Waals surface area contributed by atoms with E-state index in [0.717, 1.165) is 15.4 Å². The number of benzene rings is 3. The summed E-state index contributed by atoms with van der Waals surface area (Å²) in [6.07, 6.45) is 0.332. The quantitative estimate of drug-likeness (QED) is 0.285. The second-order valence-corrected chi connectivity index (χ2v) is 12.7. The van der Waals surface area contributed by atoms with Crippen LogP contribution in [0.1, 0.15) is 43.9 Å². The van der Waals surface area contributed by atoms with E-state index < -0.39 is 28.5 Å². The lowest BCUT2D eigenvalue weighted by Gasteiger charge is -2.34. The first-order valence-electron chi connectivity index (χ1n) is 13.0. The summed E-state index contributed by atoms with van der Waals surface area (Å²) in [5.74, 6) is -0.845. The maximum absolute atomic E-state index is 14.1. The molecule has 0 bridgehead atoms. The van der Waals surface area contributed by atoms with Crippen LogP contribution in [0.2, 0.25) is 10.0 Å². The van der Waals surface area contributed by atoms with Gasteiger partial charge in [-0.25, -0.2) is 8.42 Å². The maximum atomic E-state index is 14.1. The van der Waals surface area contributed by atoms with Crippen molar-refractivity contribution in [2.75, 3.05) is 10.8 Å². The van der Waals surface area contributed by atoms with E-state index in [2.05, 4.69) is 5.32 Å². The van der Waals surface area contributed by atoms with Crippen LogP contribution in [0.3, 0.4) is 0 Å². The average Bonchev–Trinajstić information content (AvgIpc) is 2.89. The number of carbonyl (C=O) groups excluding carboxylic acids is 2. The Kier molecular flexibility index (Phi) is 10.6. The van der Waals surface area contributed by atoms with Gasteiger partial charge >= 0.3 is 0 Å². The number of halogens is 2.